The lowest BCUT2D eigenvalue weighted by Gasteiger charge is -2.26. The molecule has 5 amide bonds. The van der Waals surface area contributed by atoms with Gasteiger partial charge in [0.15, 0.2) is 18.1 Å². The normalized spacial score (nSPS) is 15.1. The minimum absolute atomic E-state index is 0.0393. The number of imide groups is 2. The van der Waals surface area contributed by atoms with Gasteiger partial charge in [0.25, 0.3) is 17.7 Å². The molecule has 1 saturated heterocycles. The number of hydrogen-bond acceptors (Lipinski definition) is 7. The number of nitrogens with one attached hydrogen (secondary N) is 1. The predicted octanol–water partition coefficient (Wildman–Crippen LogP) is 1.32. The summed E-state index contributed by atoms with van der Waals surface area (Å²) in [7, 11) is 0. The standard InChI is InChI=1S/C21H19N3O7/c1-2-30-17-10-12(3-8-16(17)31-11-18(22)26)9-15-19(27)23-21(29)24(20(15)28)13-4-6-14(25)7-5-13/h3-10,25H,2,11H2,1H3,(H2,22,26)(H,23,27,29)/b15-9+. The molecule has 10 heteroatoms. The summed E-state index contributed by atoms with van der Waals surface area (Å²) in [6.45, 7) is 1.71. The van der Waals surface area contributed by atoms with Gasteiger partial charge < -0.3 is 20.3 Å². The Hall–Kier alpha value is -4.34. The quantitative estimate of drug-likeness (QED) is 0.447. The van der Waals surface area contributed by atoms with Gasteiger partial charge in [-0.25, -0.2) is 9.69 Å². The van der Waals surface area contributed by atoms with Crippen LogP contribution in [0.5, 0.6) is 17.2 Å². The number of nitrogens with two attached hydrogens (primary N) is 1. The van der Waals surface area contributed by atoms with Crippen LogP contribution >= 0.6 is 0 Å². The highest BCUT2D eigenvalue weighted by molar-refractivity contribution is 6.39. The maximum Gasteiger partial charge on any atom is 0.335 e. The van der Waals surface area contributed by atoms with E-state index in [1.807, 2.05) is 0 Å². The number of amides is 5. The number of nitrogens with zero attached hydrogens (tertiary/aromatic N) is 1. The summed E-state index contributed by atoms with van der Waals surface area (Å²) in [5.41, 5.74) is 5.42. The summed E-state index contributed by atoms with van der Waals surface area (Å²) in [5, 5.41) is 11.5. The van der Waals surface area contributed by atoms with Gasteiger partial charge >= 0.3 is 6.03 Å². The molecule has 0 spiro atoms. The number of primary amides is 1. The number of rotatable bonds is 7. The van der Waals surface area contributed by atoms with Crippen LogP contribution in [-0.2, 0) is 14.4 Å². The minimum atomic E-state index is -0.900. The Morgan fingerprint density at radius 3 is 2.45 bits per heavy atom. The number of aromatic hydroxyl groups is 1. The van der Waals surface area contributed by atoms with Crippen molar-refractivity contribution in [2.75, 3.05) is 18.1 Å². The Balaban J connectivity index is 1.95. The Kier molecular flexibility index (Phi) is 6.20. The molecule has 0 aromatic heterocycles. The summed E-state index contributed by atoms with van der Waals surface area (Å²) in [4.78, 5) is 49.2. The number of carbonyl (C=O) groups is 4. The third-order valence-corrected chi connectivity index (χ3v) is 4.16. The van der Waals surface area contributed by atoms with Crippen molar-refractivity contribution in [3.63, 3.8) is 0 Å². The van der Waals surface area contributed by atoms with Gasteiger partial charge in [0.2, 0.25) is 0 Å². The molecule has 2 aromatic carbocycles. The second-order valence-corrected chi connectivity index (χ2v) is 6.37. The van der Waals surface area contributed by atoms with Crippen LogP contribution in [-0.4, -0.2) is 42.1 Å². The van der Waals surface area contributed by atoms with Gasteiger partial charge in [-0.2, -0.15) is 0 Å². The van der Waals surface area contributed by atoms with Crippen LogP contribution in [0.25, 0.3) is 6.08 Å². The van der Waals surface area contributed by atoms with Gasteiger partial charge in [0.1, 0.15) is 11.3 Å². The van der Waals surface area contributed by atoms with Gasteiger partial charge in [-0.1, -0.05) is 6.07 Å². The molecule has 160 valence electrons. The lowest BCUT2D eigenvalue weighted by molar-refractivity contribution is -0.123. The third-order valence-electron chi connectivity index (χ3n) is 4.16. The first kappa shape index (κ1) is 21.4. The highest BCUT2D eigenvalue weighted by atomic mass is 16.5. The van der Waals surface area contributed by atoms with E-state index >= 15 is 0 Å². The van der Waals surface area contributed by atoms with E-state index in [4.69, 9.17) is 15.2 Å². The third kappa shape index (κ3) is 4.81. The lowest BCUT2D eigenvalue weighted by Crippen LogP contribution is -2.54. The molecule has 1 aliphatic rings. The monoisotopic (exact) mass is 425 g/mol. The molecule has 0 radical (unpaired) electrons. The van der Waals surface area contributed by atoms with Gasteiger partial charge in [-0.15, -0.1) is 0 Å². The molecule has 1 aliphatic heterocycles. The smallest absolute Gasteiger partial charge is 0.335 e. The van der Waals surface area contributed by atoms with Crippen LogP contribution in [0.2, 0.25) is 0 Å². The number of hydrogen-bond donors (Lipinski definition) is 3. The second kappa shape index (κ2) is 8.99. The largest absolute Gasteiger partial charge is 0.508 e. The molecule has 1 fully saturated rings. The number of ether oxygens (including phenoxy) is 2. The minimum Gasteiger partial charge on any atom is -0.508 e. The number of barbiturate groups is 1. The Labute approximate surface area is 176 Å². The molecule has 2 aromatic rings. The summed E-state index contributed by atoms with van der Waals surface area (Å²) >= 11 is 0. The van der Waals surface area contributed by atoms with Crippen molar-refractivity contribution in [2.24, 2.45) is 5.73 Å². The molecule has 0 aliphatic carbocycles. The molecular formula is C21H19N3O7. The maximum atomic E-state index is 12.9. The number of anilines is 1. The molecule has 0 bridgehead atoms. The van der Waals surface area contributed by atoms with Crippen molar-refractivity contribution < 1.29 is 33.8 Å². The summed E-state index contributed by atoms with van der Waals surface area (Å²) in [5.74, 6) is -1.82. The predicted molar refractivity (Wildman–Crippen MR) is 109 cm³/mol. The van der Waals surface area contributed by atoms with E-state index in [0.29, 0.717) is 12.2 Å². The maximum absolute atomic E-state index is 12.9. The first-order valence-electron chi connectivity index (χ1n) is 9.18. The lowest BCUT2D eigenvalue weighted by atomic mass is 10.1. The van der Waals surface area contributed by atoms with Gasteiger partial charge in [0.05, 0.1) is 12.3 Å². The van der Waals surface area contributed by atoms with Crippen LogP contribution in [0.3, 0.4) is 0 Å². The number of urea groups is 1. The Bertz CT molecular complexity index is 1080. The zero-order chi connectivity index (χ0) is 22.5. The van der Waals surface area contributed by atoms with Crippen molar-refractivity contribution in [2.45, 2.75) is 6.92 Å². The molecule has 0 unspecified atom stereocenters. The van der Waals surface area contributed by atoms with E-state index in [0.717, 1.165) is 4.90 Å². The molecule has 10 nitrogen and oxygen atoms in total. The zero-order valence-corrected chi connectivity index (χ0v) is 16.5. The van der Waals surface area contributed by atoms with Crippen molar-refractivity contribution in [3.8, 4) is 17.2 Å². The number of phenols is 1. The first-order valence-corrected chi connectivity index (χ1v) is 9.18. The average molecular weight is 425 g/mol. The van der Waals surface area contributed by atoms with E-state index in [1.54, 1.807) is 13.0 Å². The summed E-state index contributed by atoms with van der Waals surface area (Å²) < 4.78 is 10.8. The van der Waals surface area contributed by atoms with Gasteiger partial charge in [0, 0.05) is 0 Å². The molecule has 31 heavy (non-hydrogen) atoms. The van der Waals surface area contributed by atoms with Crippen molar-refractivity contribution in [3.05, 3.63) is 53.6 Å². The fraction of sp³-hybridized carbons (Fsp3) is 0.143. The van der Waals surface area contributed by atoms with Crippen molar-refractivity contribution in [1.82, 2.24) is 5.32 Å². The highest BCUT2D eigenvalue weighted by Crippen LogP contribution is 2.30. The number of carbonyl (C=O) groups excluding carboxylic acids is 4. The molecular weight excluding hydrogens is 406 g/mol. The SMILES string of the molecule is CCOc1cc(/C=C2\C(=O)NC(=O)N(c3ccc(O)cc3)C2=O)ccc1OCC(N)=O. The van der Waals surface area contributed by atoms with Gasteiger partial charge in [-0.05, 0) is 55.0 Å². The van der Waals surface area contributed by atoms with E-state index < -0.39 is 23.8 Å². The van der Waals surface area contributed by atoms with Crippen LogP contribution in [0.1, 0.15) is 12.5 Å². The van der Waals surface area contributed by atoms with Gasteiger partial charge in [-0.3, -0.25) is 19.7 Å². The Morgan fingerprint density at radius 1 is 1.10 bits per heavy atom. The summed E-state index contributed by atoms with van der Waals surface area (Å²) in [6.07, 6.45) is 1.30. The summed E-state index contributed by atoms with van der Waals surface area (Å²) in [6, 6.07) is 9.06. The van der Waals surface area contributed by atoms with Crippen LogP contribution < -0.4 is 25.4 Å². The zero-order valence-electron chi connectivity index (χ0n) is 16.5. The topological polar surface area (TPSA) is 148 Å². The molecule has 0 saturated carbocycles. The highest BCUT2D eigenvalue weighted by Gasteiger charge is 2.36. The van der Waals surface area contributed by atoms with Crippen molar-refractivity contribution >= 4 is 35.5 Å². The van der Waals surface area contributed by atoms with Crippen LogP contribution in [0, 0.1) is 0 Å². The van der Waals surface area contributed by atoms with Crippen LogP contribution in [0.15, 0.2) is 48.0 Å². The van der Waals surface area contributed by atoms with E-state index in [9.17, 15) is 24.3 Å². The van der Waals surface area contributed by atoms with Crippen LogP contribution in [0.4, 0.5) is 10.5 Å². The fourth-order valence-corrected chi connectivity index (χ4v) is 2.81. The van der Waals surface area contributed by atoms with E-state index in [2.05, 4.69) is 5.32 Å². The molecule has 0 atom stereocenters. The molecule has 1 heterocycles. The number of phenolic OH excluding ortho intramolecular Hbond substituents is 1. The van der Waals surface area contributed by atoms with E-state index in [-0.39, 0.29) is 35.1 Å². The molecule has 3 rings (SSSR count). The number of benzene rings is 2. The Morgan fingerprint density at radius 2 is 1.81 bits per heavy atom. The fourth-order valence-electron chi connectivity index (χ4n) is 2.81. The molecule has 4 N–H and O–H groups in total. The average Bonchev–Trinajstić information content (AvgIpc) is 2.72. The van der Waals surface area contributed by atoms with E-state index in [1.165, 1.54) is 42.5 Å². The van der Waals surface area contributed by atoms with Crippen molar-refractivity contribution in [1.29, 1.82) is 0 Å². The second-order valence-electron chi connectivity index (χ2n) is 6.37. The first-order chi connectivity index (χ1) is 14.8.